The zero-order valence-corrected chi connectivity index (χ0v) is 14.8. The van der Waals surface area contributed by atoms with Gasteiger partial charge in [0.05, 0.1) is 11.4 Å². The highest BCUT2D eigenvalue weighted by Crippen LogP contribution is 2.26. The van der Waals surface area contributed by atoms with Gasteiger partial charge in [-0.25, -0.2) is 4.79 Å². The van der Waals surface area contributed by atoms with E-state index < -0.39 is 11.7 Å². The van der Waals surface area contributed by atoms with Crippen LogP contribution < -0.4 is 10.1 Å². The van der Waals surface area contributed by atoms with Crippen LogP contribution in [0.1, 0.15) is 20.8 Å². The number of hydrogen-bond donors (Lipinski definition) is 2. The summed E-state index contributed by atoms with van der Waals surface area (Å²) in [5.74, 6) is 1.29. The molecule has 2 N–H and O–H groups in total. The number of nitrogens with one attached hydrogen (secondary N) is 2. The Morgan fingerprint density at radius 3 is 2.46 bits per heavy atom. The molecule has 2 aromatic heterocycles. The third kappa shape index (κ3) is 4.83. The molecular formula is C19H20N4O3. The van der Waals surface area contributed by atoms with Gasteiger partial charge in [0.1, 0.15) is 17.1 Å². The van der Waals surface area contributed by atoms with Gasteiger partial charge in [-0.15, -0.1) is 0 Å². The van der Waals surface area contributed by atoms with Crippen molar-refractivity contribution >= 4 is 11.8 Å². The zero-order valence-electron chi connectivity index (χ0n) is 14.8. The largest absolute Gasteiger partial charge is 0.457 e. The summed E-state index contributed by atoms with van der Waals surface area (Å²) in [5.41, 5.74) is 1.64. The van der Waals surface area contributed by atoms with Crippen molar-refractivity contribution in [2.75, 3.05) is 5.32 Å². The predicted molar refractivity (Wildman–Crippen MR) is 98.2 cm³/mol. The van der Waals surface area contributed by atoms with E-state index in [0.717, 1.165) is 11.4 Å². The highest BCUT2D eigenvalue weighted by atomic mass is 16.6. The molecule has 0 fully saturated rings. The van der Waals surface area contributed by atoms with Crippen molar-refractivity contribution < 1.29 is 14.3 Å². The van der Waals surface area contributed by atoms with Crippen LogP contribution in [0.4, 0.5) is 10.5 Å². The number of benzene rings is 1. The molecule has 0 unspecified atom stereocenters. The van der Waals surface area contributed by atoms with Crippen molar-refractivity contribution in [3.63, 3.8) is 0 Å². The maximum atomic E-state index is 11.8. The predicted octanol–water partition coefficient (Wildman–Crippen LogP) is 4.61. The first-order chi connectivity index (χ1) is 12.4. The highest BCUT2D eigenvalue weighted by Gasteiger charge is 2.16. The number of nitrogens with zero attached hydrogens (tertiary/aromatic N) is 2. The molecule has 0 aliphatic rings. The van der Waals surface area contributed by atoms with E-state index in [-0.39, 0.29) is 0 Å². The number of anilines is 1. The summed E-state index contributed by atoms with van der Waals surface area (Å²) in [6.45, 7) is 5.45. The van der Waals surface area contributed by atoms with E-state index in [1.807, 2.05) is 32.9 Å². The summed E-state index contributed by atoms with van der Waals surface area (Å²) in [4.78, 5) is 16.1. The molecule has 7 heteroatoms. The second-order valence-electron chi connectivity index (χ2n) is 6.60. The molecule has 0 radical (unpaired) electrons. The topological polar surface area (TPSA) is 89.1 Å². The van der Waals surface area contributed by atoms with Gasteiger partial charge in [0.25, 0.3) is 0 Å². The fraction of sp³-hybridized carbons (Fsp3) is 0.211. The molecule has 3 aromatic rings. The number of H-pyrrole nitrogens is 1. The number of pyridine rings is 1. The fourth-order valence-electron chi connectivity index (χ4n) is 2.18. The highest BCUT2D eigenvalue weighted by molar-refractivity contribution is 5.84. The SMILES string of the molecule is CC(C)(C)OC(=O)Nc1ccc(Oc2ccnc(-c3ccn[nH]3)c2)cc1. The normalized spacial score (nSPS) is 11.0. The smallest absolute Gasteiger partial charge is 0.412 e. The summed E-state index contributed by atoms with van der Waals surface area (Å²) < 4.78 is 11.1. The first-order valence-corrected chi connectivity index (χ1v) is 8.13. The van der Waals surface area contributed by atoms with Crippen LogP contribution in [0.2, 0.25) is 0 Å². The van der Waals surface area contributed by atoms with Crippen molar-refractivity contribution in [2.45, 2.75) is 26.4 Å². The van der Waals surface area contributed by atoms with E-state index in [9.17, 15) is 4.79 Å². The molecule has 7 nitrogen and oxygen atoms in total. The van der Waals surface area contributed by atoms with Crippen molar-refractivity contribution in [1.29, 1.82) is 0 Å². The van der Waals surface area contributed by atoms with Gasteiger partial charge in [-0.3, -0.25) is 15.4 Å². The van der Waals surface area contributed by atoms with Gasteiger partial charge in [-0.05, 0) is 57.2 Å². The van der Waals surface area contributed by atoms with Gasteiger partial charge in [0.15, 0.2) is 0 Å². The van der Waals surface area contributed by atoms with Crippen LogP contribution in [0, 0.1) is 0 Å². The molecule has 1 aromatic carbocycles. The van der Waals surface area contributed by atoms with E-state index in [0.29, 0.717) is 17.2 Å². The lowest BCUT2D eigenvalue weighted by Gasteiger charge is -2.19. The minimum absolute atomic E-state index is 0.496. The second kappa shape index (κ2) is 7.26. The number of ether oxygens (including phenoxy) is 2. The van der Waals surface area contributed by atoms with Crippen LogP contribution in [0.3, 0.4) is 0 Å². The van der Waals surface area contributed by atoms with E-state index in [1.165, 1.54) is 0 Å². The fourth-order valence-corrected chi connectivity index (χ4v) is 2.18. The molecule has 0 saturated heterocycles. The number of amides is 1. The van der Waals surface area contributed by atoms with Gasteiger partial charge in [-0.2, -0.15) is 5.10 Å². The summed E-state index contributed by atoms with van der Waals surface area (Å²) in [7, 11) is 0. The Hall–Kier alpha value is -3.35. The lowest BCUT2D eigenvalue weighted by molar-refractivity contribution is 0.0636. The minimum atomic E-state index is -0.541. The first-order valence-electron chi connectivity index (χ1n) is 8.13. The summed E-state index contributed by atoms with van der Waals surface area (Å²) in [5, 5.41) is 9.46. The first kappa shape index (κ1) is 17.5. The van der Waals surface area contributed by atoms with Gasteiger partial charge in [-0.1, -0.05) is 0 Å². The Kier molecular flexibility index (Phi) is 4.88. The van der Waals surface area contributed by atoms with Gasteiger partial charge in [0.2, 0.25) is 0 Å². The van der Waals surface area contributed by atoms with E-state index in [2.05, 4.69) is 20.5 Å². The van der Waals surface area contributed by atoms with E-state index in [1.54, 1.807) is 42.7 Å². The van der Waals surface area contributed by atoms with Crippen LogP contribution in [0.25, 0.3) is 11.4 Å². The standard InChI is InChI=1S/C19H20N4O3/c1-19(2,3)26-18(24)22-13-4-6-14(7-5-13)25-15-8-10-20-17(12-15)16-9-11-21-23-16/h4-12H,1-3H3,(H,21,23)(H,22,24). The maximum Gasteiger partial charge on any atom is 0.412 e. The molecule has 0 aliphatic carbocycles. The van der Waals surface area contributed by atoms with Crippen molar-refractivity contribution in [3.05, 3.63) is 54.9 Å². The van der Waals surface area contributed by atoms with Crippen LogP contribution in [0.5, 0.6) is 11.5 Å². The lowest BCUT2D eigenvalue weighted by atomic mass is 10.2. The Morgan fingerprint density at radius 1 is 1.04 bits per heavy atom. The summed E-state index contributed by atoms with van der Waals surface area (Å²) >= 11 is 0. The molecule has 0 bridgehead atoms. The summed E-state index contributed by atoms with van der Waals surface area (Å²) in [6.07, 6.45) is 2.84. The van der Waals surface area contributed by atoms with Crippen LogP contribution in [-0.2, 0) is 4.74 Å². The molecule has 0 aliphatic heterocycles. The number of carbonyl (C=O) groups excluding carboxylic acids is 1. The van der Waals surface area contributed by atoms with Crippen LogP contribution >= 0.6 is 0 Å². The lowest BCUT2D eigenvalue weighted by Crippen LogP contribution is -2.27. The molecule has 26 heavy (non-hydrogen) atoms. The van der Waals surface area contributed by atoms with Gasteiger partial charge in [0, 0.05) is 24.1 Å². The second-order valence-corrected chi connectivity index (χ2v) is 6.60. The molecule has 134 valence electrons. The molecule has 0 saturated carbocycles. The van der Waals surface area contributed by atoms with Crippen molar-refractivity contribution in [2.24, 2.45) is 0 Å². The van der Waals surface area contributed by atoms with Crippen molar-refractivity contribution in [1.82, 2.24) is 15.2 Å². The average Bonchev–Trinajstić information content (AvgIpc) is 3.10. The van der Waals surface area contributed by atoms with Gasteiger partial charge < -0.3 is 9.47 Å². The Labute approximate surface area is 151 Å². The minimum Gasteiger partial charge on any atom is -0.457 e. The molecular weight excluding hydrogens is 332 g/mol. The third-order valence-electron chi connectivity index (χ3n) is 3.24. The molecule has 3 rings (SSSR count). The Bertz CT molecular complexity index is 869. The molecule has 0 atom stereocenters. The molecule has 2 heterocycles. The van der Waals surface area contributed by atoms with Crippen molar-refractivity contribution in [3.8, 4) is 22.9 Å². The molecule has 1 amide bonds. The average molecular weight is 352 g/mol. The van der Waals surface area contributed by atoms with Gasteiger partial charge >= 0.3 is 6.09 Å². The Balaban J connectivity index is 1.65. The number of rotatable bonds is 4. The van der Waals surface area contributed by atoms with E-state index >= 15 is 0 Å². The number of aromatic amines is 1. The third-order valence-corrected chi connectivity index (χ3v) is 3.24. The number of carbonyl (C=O) groups is 1. The Morgan fingerprint density at radius 2 is 1.81 bits per heavy atom. The zero-order chi connectivity index (χ0) is 18.6. The summed E-state index contributed by atoms with van der Waals surface area (Å²) in [6, 6.07) is 12.5. The van der Waals surface area contributed by atoms with E-state index in [4.69, 9.17) is 9.47 Å². The number of hydrogen-bond acceptors (Lipinski definition) is 5. The van der Waals surface area contributed by atoms with Crippen LogP contribution in [-0.4, -0.2) is 26.9 Å². The quantitative estimate of drug-likeness (QED) is 0.715. The number of aromatic nitrogens is 3. The monoisotopic (exact) mass is 352 g/mol. The van der Waals surface area contributed by atoms with Crippen LogP contribution in [0.15, 0.2) is 54.9 Å². The molecule has 0 spiro atoms. The maximum absolute atomic E-state index is 11.8.